The van der Waals surface area contributed by atoms with Gasteiger partial charge in [0.15, 0.2) is 0 Å². The average Bonchev–Trinajstić information content (AvgIpc) is 3.00. The number of aliphatic hydroxyl groups excluding tert-OH is 1. The highest BCUT2D eigenvalue weighted by Gasteiger charge is 2.24. The molecular formula is C38H75NO5S. The first-order valence-corrected chi connectivity index (χ1v) is 21.0. The van der Waals surface area contributed by atoms with Crippen molar-refractivity contribution >= 4 is 16.0 Å². The third kappa shape index (κ3) is 34.2. The molecule has 2 unspecified atom stereocenters. The Morgan fingerprint density at radius 1 is 0.578 bits per heavy atom. The Kier molecular flexibility index (Phi) is 32.3. The third-order valence-electron chi connectivity index (χ3n) is 8.96. The molecule has 3 N–H and O–H groups in total. The molecule has 0 aromatic carbocycles. The van der Waals surface area contributed by atoms with Crippen LogP contribution < -0.4 is 5.32 Å². The fourth-order valence-electron chi connectivity index (χ4n) is 6.04. The Labute approximate surface area is 280 Å². The van der Waals surface area contributed by atoms with E-state index in [0.29, 0.717) is 6.42 Å². The minimum absolute atomic E-state index is 0.279. The lowest BCUT2D eigenvalue weighted by Crippen LogP contribution is -2.46. The number of unbranched alkanes of at least 4 members (excludes halogenated alkanes) is 27. The largest absolute Gasteiger partial charge is 0.387 e. The smallest absolute Gasteiger partial charge is 0.267 e. The highest BCUT2D eigenvalue weighted by atomic mass is 32.2. The molecule has 0 aliphatic heterocycles. The molecule has 0 aliphatic carbocycles. The normalized spacial score (nSPS) is 13.4. The Morgan fingerprint density at radius 2 is 0.911 bits per heavy atom. The fourth-order valence-corrected chi connectivity index (χ4v) is 6.77. The van der Waals surface area contributed by atoms with E-state index >= 15 is 0 Å². The summed E-state index contributed by atoms with van der Waals surface area (Å²) in [7, 11) is -4.33. The van der Waals surface area contributed by atoms with E-state index in [4.69, 9.17) is 0 Å². The first-order chi connectivity index (χ1) is 21.8. The van der Waals surface area contributed by atoms with Crippen molar-refractivity contribution in [1.82, 2.24) is 5.32 Å². The van der Waals surface area contributed by atoms with Crippen molar-refractivity contribution in [3.05, 3.63) is 12.2 Å². The summed E-state index contributed by atoms with van der Waals surface area (Å²) in [5.74, 6) is -0.973. The Hall–Kier alpha value is -0.920. The lowest BCUT2D eigenvalue weighted by atomic mass is 10.0. The number of hydrogen-bond donors (Lipinski definition) is 3. The lowest BCUT2D eigenvalue weighted by Gasteiger charge is -2.21. The summed E-state index contributed by atoms with van der Waals surface area (Å²) < 4.78 is 32.2. The van der Waals surface area contributed by atoms with Crippen molar-refractivity contribution in [1.29, 1.82) is 0 Å². The van der Waals surface area contributed by atoms with Gasteiger partial charge in [0.25, 0.3) is 10.1 Å². The summed E-state index contributed by atoms with van der Waals surface area (Å²) in [6, 6.07) is -1.05. The van der Waals surface area contributed by atoms with Crippen LogP contribution in [0.25, 0.3) is 0 Å². The standard InChI is InChI=1S/C38H75NO5S/c1-3-5-7-9-11-12-13-14-15-16-17-18-19-20-21-22-23-24-25-26-28-30-32-34-38(41)39-36(35-45(42,43)44)37(40)33-31-29-27-10-8-6-4-2/h31,33,36-37,40H,3-30,32,34-35H2,1-2H3,(H,39,41)(H,42,43,44)/b33-31+. The van der Waals surface area contributed by atoms with Gasteiger partial charge in [0.05, 0.1) is 17.9 Å². The highest BCUT2D eigenvalue weighted by molar-refractivity contribution is 7.85. The second-order valence-corrected chi connectivity index (χ2v) is 15.1. The van der Waals surface area contributed by atoms with Crippen LogP contribution in [0.1, 0.15) is 206 Å². The van der Waals surface area contributed by atoms with Crippen molar-refractivity contribution in [2.45, 2.75) is 219 Å². The molecule has 45 heavy (non-hydrogen) atoms. The van der Waals surface area contributed by atoms with Gasteiger partial charge in [-0.1, -0.05) is 193 Å². The molecule has 0 fully saturated rings. The Balaban J connectivity index is 3.69. The quantitative estimate of drug-likeness (QED) is 0.0357. The van der Waals surface area contributed by atoms with Gasteiger partial charge in [-0.15, -0.1) is 0 Å². The van der Waals surface area contributed by atoms with Crippen molar-refractivity contribution in [3.8, 4) is 0 Å². The van der Waals surface area contributed by atoms with E-state index in [1.807, 2.05) is 6.08 Å². The summed E-state index contributed by atoms with van der Waals surface area (Å²) in [4.78, 5) is 12.4. The molecule has 6 nitrogen and oxygen atoms in total. The van der Waals surface area contributed by atoms with E-state index in [9.17, 15) is 22.9 Å². The molecule has 0 aromatic rings. The van der Waals surface area contributed by atoms with Gasteiger partial charge in [0, 0.05) is 6.42 Å². The van der Waals surface area contributed by atoms with Crippen LogP contribution in [0.15, 0.2) is 12.2 Å². The highest BCUT2D eigenvalue weighted by Crippen LogP contribution is 2.16. The summed E-state index contributed by atoms with van der Waals surface area (Å²) in [5, 5.41) is 13.1. The van der Waals surface area contributed by atoms with Crippen molar-refractivity contribution < 1.29 is 22.9 Å². The molecule has 0 spiro atoms. The monoisotopic (exact) mass is 658 g/mol. The van der Waals surface area contributed by atoms with Gasteiger partial charge in [-0.05, 0) is 19.3 Å². The van der Waals surface area contributed by atoms with Gasteiger partial charge in [-0.25, -0.2) is 0 Å². The van der Waals surface area contributed by atoms with Crippen LogP contribution in [0.2, 0.25) is 0 Å². The zero-order chi connectivity index (χ0) is 33.3. The van der Waals surface area contributed by atoms with Crippen molar-refractivity contribution in [2.24, 2.45) is 0 Å². The van der Waals surface area contributed by atoms with Crippen LogP contribution in [0.4, 0.5) is 0 Å². The number of nitrogens with one attached hydrogen (secondary N) is 1. The Bertz CT molecular complexity index is 770. The number of aliphatic hydroxyl groups is 1. The van der Waals surface area contributed by atoms with Gasteiger partial charge < -0.3 is 10.4 Å². The first kappa shape index (κ1) is 44.1. The minimum atomic E-state index is -4.33. The molecule has 0 heterocycles. The maximum Gasteiger partial charge on any atom is 0.267 e. The number of rotatable bonds is 35. The summed E-state index contributed by atoms with van der Waals surface area (Å²) in [6.07, 6.45) is 39.5. The molecular weight excluding hydrogens is 582 g/mol. The molecule has 1 amide bonds. The van der Waals surface area contributed by atoms with E-state index < -0.39 is 28.0 Å². The Morgan fingerprint density at radius 3 is 1.27 bits per heavy atom. The second-order valence-electron chi connectivity index (χ2n) is 13.6. The van der Waals surface area contributed by atoms with Gasteiger partial charge in [0.2, 0.25) is 5.91 Å². The molecule has 0 rings (SSSR count). The van der Waals surface area contributed by atoms with Gasteiger partial charge in [-0.2, -0.15) is 8.42 Å². The number of amides is 1. The molecule has 0 aromatic heterocycles. The molecule has 0 saturated heterocycles. The molecule has 0 bridgehead atoms. The van der Waals surface area contributed by atoms with Crippen LogP contribution in [-0.2, 0) is 14.9 Å². The third-order valence-corrected chi connectivity index (χ3v) is 9.74. The van der Waals surface area contributed by atoms with Gasteiger partial charge >= 0.3 is 0 Å². The van der Waals surface area contributed by atoms with E-state index in [1.165, 1.54) is 154 Å². The molecule has 268 valence electrons. The molecule has 2 atom stereocenters. The SMILES string of the molecule is CCCCCCC/C=C/C(O)C(CS(=O)(=O)O)NC(=O)CCCCCCCCCCCCCCCCCCCCCCCCC. The zero-order valence-electron chi connectivity index (χ0n) is 29.8. The predicted octanol–water partition coefficient (Wildman–Crippen LogP) is 11.0. The summed E-state index contributed by atoms with van der Waals surface area (Å²) >= 11 is 0. The molecule has 0 radical (unpaired) electrons. The molecule has 0 saturated carbocycles. The van der Waals surface area contributed by atoms with Crippen LogP contribution in [0.5, 0.6) is 0 Å². The van der Waals surface area contributed by atoms with Crippen LogP contribution in [0, 0.1) is 0 Å². The minimum Gasteiger partial charge on any atom is -0.387 e. The molecule has 7 heteroatoms. The van der Waals surface area contributed by atoms with E-state index in [-0.39, 0.29) is 5.91 Å². The first-order valence-electron chi connectivity index (χ1n) is 19.4. The number of allylic oxidation sites excluding steroid dienone is 1. The van der Waals surface area contributed by atoms with Gasteiger partial charge in [-0.3, -0.25) is 9.35 Å². The topological polar surface area (TPSA) is 104 Å². The van der Waals surface area contributed by atoms with Crippen molar-refractivity contribution in [2.75, 3.05) is 5.75 Å². The van der Waals surface area contributed by atoms with Crippen molar-refractivity contribution in [3.63, 3.8) is 0 Å². The van der Waals surface area contributed by atoms with Crippen LogP contribution >= 0.6 is 0 Å². The maximum absolute atomic E-state index is 12.4. The fraction of sp³-hybridized carbons (Fsp3) is 0.921. The maximum atomic E-state index is 12.4. The number of hydrogen-bond acceptors (Lipinski definition) is 4. The average molecular weight is 658 g/mol. The number of carbonyl (C=O) groups excluding carboxylic acids is 1. The summed E-state index contributed by atoms with van der Waals surface area (Å²) in [5.41, 5.74) is 0. The molecule has 0 aliphatic rings. The second kappa shape index (κ2) is 33.0. The van der Waals surface area contributed by atoms with Gasteiger partial charge in [0.1, 0.15) is 0 Å². The van der Waals surface area contributed by atoms with E-state index in [0.717, 1.165) is 38.5 Å². The lowest BCUT2D eigenvalue weighted by molar-refractivity contribution is -0.122. The zero-order valence-corrected chi connectivity index (χ0v) is 30.6. The number of carbonyl (C=O) groups is 1. The van der Waals surface area contributed by atoms with Crippen LogP contribution in [0.3, 0.4) is 0 Å². The van der Waals surface area contributed by atoms with E-state index in [1.54, 1.807) is 0 Å². The van der Waals surface area contributed by atoms with Crippen LogP contribution in [-0.4, -0.2) is 41.9 Å². The summed E-state index contributed by atoms with van der Waals surface area (Å²) in [6.45, 7) is 4.45. The van der Waals surface area contributed by atoms with E-state index in [2.05, 4.69) is 19.2 Å². The predicted molar refractivity (Wildman–Crippen MR) is 193 cm³/mol.